The molecule has 1 aliphatic rings. The third kappa shape index (κ3) is 2.67. The quantitative estimate of drug-likeness (QED) is 0.822. The summed E-state index contributed by atoms with van der Waals surface area (Å²) < 4.78 is 0. The number of carboxylic acid groups (broad SMARTS) is 1. The number of para-hydroxylation sites is 1. The van der Waals surface area contributed by atoms with Crippen molar-refractivity contribution in [2.45, 2.75) is 33.1 Å². The molecular formula is C15H22N2O2. The Kier molecular flexibility index (Phi) is 3.69. The van der Waals surface area contributed by atoms with Gasteiger partial charge in [-0.05, 0) is 30.4 Å². The first-order valence-corrected chi connectivity index (χ1v) is 6.83. The maximum absolute atomic E-state index is 11.3. The van der Waals surface area contributed by atoms with E-state index in [0.717, 1.165) is 32.4 Å². The van der Waals surface area contributed by atoms with Crippen molar-refractivity contribution in [1.29, 1.82) is 0 Å². The number of nitrogens with zero attached hydrogens (tertiary/aromatic N) is 1. The first kappa shape index (κ1) is 13.7. The largest absolute Gasteiger partial charge is 0.478 e. The zero-order valence-corrected chi connectivity index (χ0v) is 11.6. The first-order chi connectivity index (χ1) is 8.97. The van der Waals surface area contributed by atoms with Gasteiger partial charge in [0.15, 0.2) is 0 Å². The summed E-state index contributed by atoms with van der Waals surface area (Å²) in [5.74, 6) is -0.911. The number of carboxylic acids is 1. The van der Waals surface area contributed by atoms with Gasteiger partial charge in [-0.1, -0.05) is 26.3 Å². The predicted molar refractivity (Wildman–Crippen MR) is 77.7 cm³/mol. The van der Waals surface area contributed by atoms with Crippen molar-refractivity contribution in [2.75, 3.05) is 23.7 Å². The topological polar surface area (TPSA) is 66.6 Å². The average Bonchev–Trinajstić information content (AvgIpc) is 2.40. The highest BCUT2D eigenvalue weighted by Gasteiger charge is 2.30. The molecule has 104 valence electrons. The van der Waals surface area contributed by atoms with E-state index in [2.05, 4.69) is 18.7 Å². The summed E-state index contributed by atoms with van der Waals surface area (Å²) in [4.78, 5) is 13.4. The summed E-state index contributed by atoms with van der Waals surface area (Å²) in [6, 6.07) is 5.10. The van der Waals surface area contributed by atoms with Gasteiger partial charge in [0, 0.05) is 13.1 Å². The fraction of sp³-hybridized carbons (Fsp3) is 0.533. The van der Waals surface area contributed by atoms with Crippen molar-refractivity contribution in [2.24, 2.45) is 5.41 Å². The molecular weight excluding hydrogens is 240 g/mol. The Labute approximate surface area is 114 Å². The van der Waals surface area contributed by atoms with Crippen molar-refractivity contribution >= 4 is 17.3 Å². The molecule has 0 amide bonds. The average molecular weight is 262 g/mol. The molecule has 1 aliphatic heterocycles. The van der Waals surface area contributed by atoms with Gasteiger partial charge >= 0.3 is 5.97 Å². The maximum atomic E-state index is 11.3. The summed E-state index contributed by atoms with van der Waals surface area (Å²) in [5, 5.41) is 9.29. The Morgan fingerprint density at radius 2 is 2.05 bits per heavy atom. The lowest BCUT2D eigenvalue weighted by molar-refractivity contribution is 0.0697. The lowest BCUT2D eigenvalue weighted by Gasteiger charge is -2.40. The molecule has 0 spiro atoms. The normalized spacial score (nSPS) is 18.3. The minimum absolute atomic E-state index is 0.306. The Bertz CT molecular complexity index is 477. The molecule has 1 heterocycles. The fourth-order valence-corrected chi connectivity index (χ4v) is 2.71. The van der Waals surface area contributed by atoms with Crippen LogP contribution in [0.4, 0.5) is 11.4 Å². The molecule has 0 aliphatic carbocycles. The number of carbonyl (C=O) groups is 1. The number of piperidine rings is 1. The smallest absolute Gasteiger partial charge is 0.337 e. The van der Waals surface area contributed by atoms with Crippen LogP contribution in [0.25, 0.3) is 0 Å². The standard InChI is InChI=1S/C15H22N2O2/c1-3-15(2)7-9-17(10-8-15)13-11(14(18)19)5-4-6-12(13)16/h4-6H,3,7-10,16H2,1-2H3,(H,18,19). The van der Waals surface area contributed by atoms with Crippen LogP contribution in [0.2, 0.25) is 0 Å². The van der Waals surface area contributed by atoms with Crippen LogP contribution in [0.15, 0.2) is 18.2 Å². The summed E-state index contributed by atoms with van der Waals surface area (Å²) >= 11 is 0. The molecule has 0 radical (unpaired) electrons. The Morgan fingerprint density at radius 3 is 2.58 bits per heavy atom. The molecule has 2 rings (SSSR count). The number of hydrogen-bond acceptors (Lipinski definition) is 3. The van der Waals surface area contributed by atoms with Gasteiger partial charge in [0.1, 0.15) is 0 Å². The van der Waals surface area contributed by atoms with E-state index in [1.165, 1.54) is 0 Å². The van der Waals surface area contributed by atoms with E-state index in [-0.39, 0.29) is 0 Å². The number of benzene rings is 1. The zero-order chi connectivity index (χ0) is 14.0. The van der Waals surface area contributed by atoms with Gasteiger partial charge in [-0.15, -0.1) is 0 Å². The molecule has 19 heavy (non-hydrogen) atoms. The molecule has 0 saturated carbocycles. The fourth-order valence-electron chi connectivity index (χ4n) is 2.71. The molecule has 0 unspecified atom stereocenters. The van der Waals surface area contributed by atoms with Gasteiger partial charge in [0.25, 0.3) is 0 Å². The second kappa shape index (κ2) is 5.11. The van der Waals surface area contributed by atoms with E-state index in [9.17, 15) is 9.90 Å². The number of hydrogen-bond donors (Lipinski definition) is 2. The third-order valence-electron chi connectivity index (χ3n) is 4.44. The monoisotopic (exact) mass is 262 g/mol. The van der Waals surface area contributed by atoms with Crippen molar-refractivity contribution in [3.8, 4) is 0 Å². The lowest BCUT2D eigenvalue weighted by atomic mass is 9.78. The molecule has 1 aromatic rings. The molecule has 3 N–H and O–H groups in total. The van der Waals surface area contributed by atoms with Crippen molar-refractivity contribution in [3.05, 3.63) is 23.8 Å². The van der Waals surface area contributed by atoms with Gasteiger partial charge in [-0.3, -0.25) is 0 Å². The van der Waals surface area contributed by atoms with Gasteiger partial charge in [0.2, 0.25) is 0 Å². The Hall–Kier alpha value is -1.71. The SMILES string of the molecule is CCC1(C)CCN(c2c(N)cccc2C(=O)O)CC1. The number of nitrogens with two attached hydrogens (primary N) is 1. The lowest BCUT2D eigenvalue weighted by Crippen LogP contribution is -2.39. The second-order valence-electron chi connectivity index (χ2n) is 5.70. The van der Waals surface area contributed by atoms with Crippen LogP contribution < -0.4 is 10.6 Å². The molecule has 0 atom stereocenters. The molecule has 1 fully saturated rings. The highest BCUT2D eigenvalue weighted by atomic mass is 16.4. The van der Waals surface area contributed by atoms with Crippen molar-refractivity contribution < 1.29 is 9.90 Å². The van der Waals surface area contributed by atoms with Gasteiger partial charge < -0.3 is 15.7 Å². The second-order valence-corrected chi connectivity index (χ2v) is 5.70. The first-order valence-electron chi connectivity index (χ1n) is 6.83. The van der Waals surface area contributed by atoms with Crippen LogP contribution in [0, 0.1) is 5.41 Å². The molecule has 4 heteroatoms. The number of rotatable bonds is 3. The van der Waals surface area contributed by atoms with Crippen LogP contribution in [-0.2, 0) is 0 Å². The number of anilines is 2. The Morgan fingerprint density at radius 1 is 1.42 bits per heavy atom. The highest BCUT2D eigenvalue weighted by Crippen LogP contribution is 2.38. The molecule has 1 saturated heterocycles. The van der Waals surface area contributed by atoms with Crippen LogP contribution in [0.5, 0.6) is 0 Å². The van der Waals surface area contributed by atoms with Gasteiger partial charge in [-0.25, -0.2) is 4.79 Å². The van der Waals surface area contributed by atoms with Crippen LogP contribution in [-0.4, -0.2) is 24.2 Å². The van der Waals surface area contributed by atoms with E-state index in [0.29, 0.717) is 22.4 Å². The van der Waals surface area contributed by atoms with Crippen molar-refractivity contribution in [3.63, 3.8) is 0 Å². The van der Waals surface area contributed by atoms with E-state index in [1.807, 2.05) is 0 Å². The maximum Gasteiger partial charge on any atom is 0.337 e. The van der Waals surface area contributed by atoms with E-state index < -0.39 is 5.97 Å². The summed E-state index contributed by atoms with van der Waals surface area (Å²) in [6.45, 7) is 6.27. The van der Waals surface area contributed by atoms with Crippen LogP contribution in [0.3, 0.4) is 0 Å². The van der Waals surface area contributed by atoms with Crippen LogP contribution >= 0.6 is 0 Å². The Balaban J connectivity index is 2.27. The number of aromatic carboxylic acids is 1. The summed E-state index contributed by atoms with van der Waals surface area (Å²) in [5.41, 5.74) is 7.91. The third-order valence-corrected chi connectivity index (χ3v) is 4.44. The zero-order valence-electron chi connectivity index (χ0n) is 11.6. The predicted octanol–water partition coefficient (Wildman–Crippen LogP) is 2.98. The van der Waals surface area contributed by atoms with Gasteiger partial charge in [-0.2, -0.15) is 0 Å². The van der Waals surface area contributed by atoms with E-state index in [1.54, 1.807) is 18.2 Å². The minimum Gasteiger partial charge on any atom is -0.478 e. The summed E-state index contributed by atoms with van der Waals surface area (Å²) in [6.07, 6.45) is 3.32. The molecule has 0 aromatic heterocycles. The van der Waals surface area contributed by atoms with E-state index in [4.69, 9.17) is 5.73 Å². The highest BCUT2D eigenvalue weighted by molar-refractivity contribution is 5.98. The molecule has 1 aromatic carbocycles. The molecule has 0 bridgehead atoms. The van der Waals surface area contributed by atoms with Gasteiger partial charge in [0.05, 0.1) is 16.9 Å². The number of nitrogen functional groups attached to an aromatic ring is 1. The molecule has 4 nitrogen and oxygen atoms in total. The summed E-state index contributed by atoms with van der Waals surface area (Å²) in [7, 11) is 0. The minimum atomic E-state index is -0.911. The van der Waals surface area contributed by atoms with Crippen LogP contribution in [0.1, 0.15) is 43.5 Å². The van der Waals surface area contributed by atoms with Crippen molar-refractivity contribution in [1.82, 2.24) is 0 Å². The van der Waals surface area contributed by atoms with E-state index >= 15 is 0 Å².